The summed E-state index contributed by atoms with van der Waals surface area (Å²) in [4.78, 5) is 8.64. The minimum Gasteiger partial charge on any atom is -0.393 e. The molecule has 5 heteroatoms. The third-order valence-corrected chi connectivity index (χ3v) is 2.28. The lowest BCUT2D eigenvalue weighted by Gasteiger charge is -2.16. The highest BCUT2D eigenvalue weighted by molar-refractivity contribution is 5.42. The molecule has 5 nitrogen and oxygen atoms in total. The molecule has 0 bridgehead atoms. The number of aryl methyl sites for hydroxylation is 1. The van der Waals surface area contributed by atoms with Crippen LogP contribution in [0.25, 0.3) is 0 Å². The van der Waals surface area contributed by atoms with Gasteiger partial charge in [-0.2, -0.15) is 4.98 Å². The number of nitrogens with zero attached hydrogens (tertiary/aromatic N) is 2. The summed E-state index contributed by atoms with van der Waals surface area (Å²) in [6.45, 7) is 8.55. The molecule has 3 N–H and O–H groups in total. The van der Waals surface area contributed by atoms with Gasteiger partial charge in [0, 0.05) is 24.3 Å². The molecule has 1 rings (SSSR count). The summed E-state index contributed by atoms with van der Waals surface area (Å²) in [7, 11) is 0. The summed E-state index contributed by atoms with van der Waals surface area (Å²) in [6, 6.07) is 2.08. The predicted molar refractivity (Wildman–Crippen MR) is 70.3 cm³/mol. The molecule has 0 aromatic carbocycles. The number of aromatic nitrogens is 2. The van der Waals surface area contributed by atoms with Gasteiger partial charge in [-0.15, -0.1) is 0 Å². The Hall–Kier alpha value is -1.36. The Morgan fingerprint density at radius 3 is 2.65 bits per heavy atom. The standard InChI is InChI=1S/C12H22N4O/c1-5-13-12-15-9(3)7-11(16-12)14-8(2)6-10(4)17/h7-8,10,17H,5-6H2,1-4H3,(H2,13,14,15,16). The molecule has 2 unspecified atom stereocenters. The van der Waals surface area contributed by atoms with Crippen molar-refractivity contribution in [1.82, 2.24) is 9.97 Å². The summed E-state index contributed by atoms with van der Waals surface area (Å²) in [5, 5.41) is 15.7. The van der Waals surface area contributed by atoms with Crippen LogP contribution in [-0.4, -0.2) is 33.8 Å². The van der Waals surface area contributed by atoms with E-state index < -0.39 is 0 Å². The second kappa shape index (κ2) is 6.39. The van der Waals surface area contributed by atoms with Crippen molar-refractivity contribution in [2.75, 3.05) is 17.2 Å². The van der Waals surface area contributed by atoms with Gasteiger partial charge in [-0.05, 0) is 34.1 Å². The monoisotopic (exact) mass is 238 g/mol. The van der Waals surface area contributed by atoms with Gasteiger partial charge in [0.25, 0.3) is 0 Å². The minimum absolute atomic E-state index is 0.179. The van der Waals surface area contributed by atoms with Crippen LogP contribution in [0.15, 0.2) is 6.07 Å². The van der Waals surface area contributed by atoms with Crippen LogP contribution in [0.2, 0.25) is 0 Å². The van der Waals surface area contributed by atoms with Crippen LogP contribution < -0.4 is 10.6 Å². The SMILES string of the molecule is CCNc1nc(C)cc(NC(C)CC(C)O)n1. The maximum absolute atomic E-state index is 9.31. The molecule has 0 aliphatic rings. The Balaban J connectivity index is 2.69. The number of aliphatic hydroxyl groups is 1. The number of hydrogen-bond acceptors (Lipinski definition) is 5. The van der Waals surface area contributed by atoms with Gasteiger partial charge in [-0.25, -0.2) is 4.98 Å². The Labute approximate surface area is 103 Å². The summed E-state index contributed by atoms with van der Waals surface area (Å²) >= 11 is 0. The highest BCUT2D eigenvalue weighted by atomic mass is 16.3. The summed E-state index contributed by atoms with van der Waals surface area (Å²) in [5.74, 6) is 1.43. The highest BCUT2D eigenvalue weighted by Crippen LogP contribution is 2.12. The van der Waals surface area contributed by atoms with Gasteiger partial charge < -0.3 is 15.7 Å². The molecule has 0 saturated heterocycles. The van der Waals surface area contributed by atoms with Crippen molar-refractivity contribution in [2.24, 2.45) is 0 Å². The number of nitrogens with one attached hydrogen (secondary N) is 2. The lowest BCUT2D eigenvalue weighted by atomic mass is 10.1. The fourth-order valence-electron chi connectivity index (χ4n) is 1.70. The fraction of sp³-hybridized carbons (Fsp3) is 0.667. The van der Waals surface area contributed by atoms with E-state index in [1.165, 1.54) is 0 Å². The van der Waals surface area contributed by atoms with Gasteiger partial charge in [0.1, 0.15) is 5.82 Å². The Morgan fingerprint density at radius 2 is 2.06 bits per heavy atom. The molecule has 1 heterocycles. The molecule has 0 radical (unpaired) electrons. The number of aliphatic hydroxyl groups excluding tert-OH is 1. The minimum atomic E-state index is -0.311. The molecular weight excluding hydrogens is 216 g/mol. The van der Waals surface area contributed by atoms with Gasteiger partial charge in [-0.1, -0.05) is 0 Å². The third kappa shape index (κ3) is 4.99. The fourth-order valence-corrected chi connectivity index (χ4v) is 1.70. The van der Waals surface area contributed by atoms with Crippen molar-refractivity contribution in [3.63, 3.8) is 0 Å². The van der Waals surface area contributed by atoms with Crippen LogP contribution in [0.1, 0.15) is 32.9 Å². The molecule has 0 fully saturated rings. The zero-order valence-electron chi connectivity index (χ0n) is 11.0. The van der Waals surface area contributed by atoms with E-state index in [1.54, 1.807) is 6.92 Å². The van der Waals surface area contributed by atoms with E-state index in [2.05, 4.69) is 20.6 Å². The van der Waals surface area contributed by atoms with Crippen molar-refractivity contribution in [3.8, 4) is 0 Å². The molecule has 0 amide bonds. The smallest absolute Gasteiger partial charge is 0.224 e. The van der Waals surface area contributed by atoms with Crippen molar-refractivity contribution < 1.29 is 5.11 Å². The summed E-state index contributed by atoms with van der Waals surface area (Å²) in [6.07, 6.45) is 0.383. The van der Waals surface area contributed by atoms with Crippen molar-refractivity contribution in [3.05, 3.63) is 11.8 Å². The van der Waals surface area contributed by atoms with E-state index in [1.807, 2.05) is 26.8 Å². The van der Waals surface area contributed by atoms with Crippen LogP contribution >= 0.6 is 0 Å². The van der Waals surface area contributed by atoms with Gasteiger partial charge in [-0.3, -0.25) is 0 Å². The summed E-state index contributed by atoms with van der Waals surface area (Å²) < 4.78 is 0. The second-order valence-electron chi connectivity index (χ2n) is 4.38. The van der Waals surface area contributed by atoms with Crippen LogP contribution in [0.3, 0.4) is 0 Å². The second-order valence-corrected chi connectivity index (χ2v) is 4.38. The van der Waals surface area contributed by atoms with Crippen molar-refractivity contribution >= 4 is 11.8 Å². The zero-order chi connectivity index (χ0) is 12.8. The van der Waals surface area contributed by atoms with Crippen molar-refractivity contribution in [2.45, 2.75) is 46.3 Å². The normalized spacial score (nSPS) is 14.2. The average molecular weight is 238 g/mol. The van der Waals surface area contributed by atoms with Crippen LogP contribution in [0.5, 0.6) is 0 Å². The molecule has 2 atom stereocenters. The Kier molecular flexibility index (Phi) is 5.15. The molecule has 1 aromatic heterocycles. The molecule has 0 saturated carbocycles. The first-order valence-electron chi connectivity index (χ1n) is 6.05. The molecule has 17 heavy (non-hydrogen) atoms. The largest absolute Gasteiger partial charge is 0.393 e. The summed E-state index contributed by atoms with van der Waals surface area (Å²) in [5.41, 5.74) is 0.919. The van der Waals surface area contributed by atoms with E-state index >= 15 is 0 Å². The topological polar surface area (TPSA) is 70.1 Å². The molecule has 96 valence electrons. The van der Waals surface area contributed by atoms with E-state index in [0.29, 0.717) is 12.4 Å². The van der Waals surface area contributed by atoms with Gasteiger partial charge >= 0.3 is 0 Å². The lowest BCUT2D eigenvalue weighted by molar-refractivity contribution is 0.179. The first kappa shape index (κ1) is 13.7. The van der Waals surface area contributed by atoms with E-state index in [0.717, 1.165) is 18.1 Å². The van der Waals surface area contributed by atoms with Crippen LogP contribution in [0.4, 0.5) is 11.8 Å². The number of hydrogen-bond donors (Lipinski definition) is 3. The van der Waals surface area contributed by atoms with E-state index in [4.69, 9.17) is 0 Å². The Bertz CT molecular complexity index is 354. The average Bonchev–Trinajstić information content (AvgIpc) is 2.14. The molecular formula is C12H22N4O. The molecule has 0 spiro atoms. The highest BCUT2D eigenvalue weighted by Gasteiger charge is 2.08. The van der Waals surface area contributed by atoms with Gasteiger partial charge in [0.15, 0.2) is 0 Å². The third-order valence-electron chi connectivity index (χ3n) is 2.28. The van der Waals surface area contributed by atoms with Crippen LogP contribution in [0, 0.1) is 6.92 Å². The molecule has 0 aliphatic heterocycles. The first-order valence-corrected chi connectivity index (χ1v) is 6.05. The molecule has 0 aliphatic carbocycles. The lowest BCUT2D eigenvalue weighted by Crippen LogP contribution is -2.21. The maximum Gasteiger partial charge on any atom is 0.224 e. The first-order chi connectivity index (χ1) is 8.01. The predicted octanol–water partition coefficient (Wildman–Crippen LogP) is 1.79. The Morgan fingerprint density at radius 1 is 1.35 bits per heavy atom. The van der Waals surface area contributed by atoms with Crippen molar-refractivity contribution in [1.29, 1.82) is 0 Å². The maximum atomic E-state index is 9.31. The quantitative estimate of drug-likeness (QED) is 0.705. The van der Waals surface area contributed by atoms with E-state index in [9.17, 15) is 5.11 Å². The zero-order valence-corrected chi connectivity index (χ0v) is 11.0. The van der Waals surface area contributed by atoms with Crippen LogP contribution in [-0.2, 0) is 0 Å². The van der Waals surface area contributed by atoms with E-state index in [-0.39, 0.29) is 12.1 Å². The van der Waals surface area contributed by atoms with Gasteiger partial charge in [0.05, 0.1) is 6.10 Å². The molecule has 1 aromatic rings. The number of anilines is 2. The number of rotatable bonds is 6. The van der Waals surface area contributed by atoms with Gasteiger partial charge in [0.2, 0.25) is 5.95 Å².